The number of hydrogen-bond donors (Lipinski definition) is 2. The van der Waals surface area contributed by atoms with Crippen molar-refractivity contribution in [2.45, 2.75) is 19.4 Å². The standard InChI is InChI=1S/C14H23N3O2/c1-14(2,17(3)4)10-15-13(18)16-11-6-8-12(19-5)9-7-11/h6-9H,10H2,1-5H3,(H2,15,16,18). The number of carbonyl (C=O) groups excluding carboxylic acids is 1. The Kier molecular flexibility index (Phi) is 5.18. The predicted octanol–water partition coefficient (Wildman–Crippen LogP) is 2.16. The third-order valence-corrected chi connectivity index (χ3v) is 3.24. The molecule has 0 saturated heterocycles. The van der Waals surface area contributed by atoms with Gasteiger partial charge < -0.3 is 20.3 Å². The lowest BCUT2D eigenvalue weighted by molar-refractivity contribution is 0.189. The number of urea groups is 1. The zero-order chi connectivity index (χ0) is 14.5. The Balaban J connectivity index is 2.47. The normalized spacial score (nSPS) is 11.3. The highest BCUT2D eigenvalue weighted by Gasteiger charge is 2.20. The Morgan fingerprint density at radius 3 is 2.32 bits per heavy atom. The second kappa shape index (κ2) is 6.43. The van der Waals surface area contributed by atoms with Crippen molar-refractivity contribution in [1.82, 2.24) is 10.2 Å². The second-order valence-electron chi connectivity index (χ2n) is 5.24. The van der Waals surface area contributed by atoms with Gasteiger partial charge in [-0.3, -0.25) is 0 Å². The van der Waals surface area contributed by atoms with E-state index in [1.54, 1.807) is 31.4 Å². The average molecular weight is 265 g/mol. The second-order valence-corrected chi connectivity index (χ2v) is 5.24. The lowest BCUT2D eigenvalue weighted by atomic mass is 10.1. The summed E-state index contributed by atoms with van der Waals surface area (Å²) in [4.78, 5) is 13.8. The van der Waals surface area contributed by atoms with E-state index in [0.717, 1.165) is 11.4 Å². The van der Waals surface area contributed by atoms with E-state index in [1.807, 2.05) is 14.1 Å². The van der Waals surface area contributed by atoms with Crippen LogP contribution >= 0.6 is 0 Å². The molecule has 5 heteroatoms. The lowest BCUT2D eigenvalue weighted by Gasteiger charge is -2.32. The molecule has 0 fully saturated rings. The first-order valence-electron chi connectivity index (χ1n) is 6.21. The van der Waals surface area contributed by atoms with Gasteiger partial charge in [-0.2, -0.15) is 0 Å². The van der Waals surface area contributed by atoms with Gasteiger partial charge in [-0.15, -0.1) is 0 Å². The molecule has 5 nitrogen and oxygen atoms in total. The number of benzene rings is 1. The molecule has 0 unspecified atom stereocenters. The van der Waals surface area contributed by atoms with Crippen LogP contribution in [0.1, 0.15) is 13.8 Å². The van der Waals surface area contributed by atoms with Gasteiger partial charge in [-0.05, 0) is 52.2 Å². The van der Waals surface area contributed by atoms with E-state index in [2.05, 4.69) is 29.4 Å². The Hall–Kier alpha value is -1.75. The summed E-state index contributed by atoms with van der Waals surface area (Å²) in [7, 11) is 5.59. The summed E-state index contributed by atoms with van der Waals surface area (Å²) in [6, 6.07) is 7.00. The van der Waals surface area contributed by atoms with Gasteiger partial charge in [-0.25, -0.2) is 4.79 Å². The summed E-state index contributed by atoms with van der Waals surface area (Å²) in [5.74, 6) is 0.764. The van der Waals surface area contributed by atoms with Gasteiger partial charge in [0.25, 0.3) is 0 Å². The summed E-state index contributed by atoms with van der Waals surface area (Å²) >= 11 is 0. The van der Waals surface area contributed by atoms with Gasteiger partial charge in [0.05, 0.1) is 7.11 Å². The first-order valence-corrected chi connectivity index (χ1v) is 6.21. The van der Waals surface area contributed by atoms with Crippen LogP contribution in [0.15, 0.2) is 24.3 Å². The maximum Gasteiger partial charge on any atom is 0.319 e. The highest BCUT2D eigenvalue weighted by molar-refractivity contribution is 5.89. The predicted molar refractivity (Wildman–Crippen MR) is 77.8 cm³/mol. The van der Waals surface area contributed by atoms with Crippen LogP contribution in [0.2, 0.25) is 0 Å². The minimum absolute atomic E-state index is 0.0861. The van der Waals surface area contributed by atoms with Gasteiger partial charge in [0.1, 0.15) is 5.75 Å². The van der Waals surface area contributed by atoms with Crippen molar-refractivity contribution >= 4 is 11.7 Å². The Labute approximate surface area is 114 Å². The first kappa shape index (κ1) is 15.3. The molecule has 0 aromatic heterocycles. The van der Waals surface area contributed by atoms with Crippen LogP contribution < -0.4 is 15.4 Å². The maximum atomic E-state index is 11.8. The summed E-state index contributed by atoms with van der Waals surface area (Å²) in [5.41, 5.74) is 0.651. The topological polar surface area (TPSA) is 53.6 Å². The number of nitrogens with zero attached hydrogens (tertiary/aromatic N) is 1. The molecule has 0 spiro atoms. The zero-order valence-corrected chi connectivity index (χ0v) is 12.3. The molecule has 1 rings (SSSR count). The van der Waals surface area contributed by atoms with Gasteiger partial charge >= 0.3 is 6.03 Å². The highest BCUT2D eigenvalue weighted by atomic mass is 16.5. The third kappa shape index (κ3) is 4.79. The molecule has 106 valence electrons. The third-order valence-electron chi connectivity index (χ3n) is 3.24. The summed E-state index contributed by atoms with van der Waals surface area (Å²) in [5, 5.41) is 5.64. The molecule has 0 heterocycles. The smallest absolute Gasteiger partial charge is 0.319 e. The van der Waals surface area contributed by atoms with Gasteiger partial charge in [-0.1, -0.05) is 0 Å². The molecule has 0 atom stereocenters. The fourth-order valence-electron chi connectivity index (χ4n) is 1.30. The SMILES string of the molecule is COc1ccc(NC(=O)NCC(C)(C)N(C)C)cc1. The molecule has 0 saturated carbocycles. The van der Waals surface area contributed by atoms with Crippen molar-refractivity contribution in [3.05, 3.63) is 24.3 Å². The molecular weight excluding hydrogens is 242 g/mol. The van der Waals surface area contributed by atoms with Crippen LogP contribution in [0.3, 0.4) is 0 Å². The number of ether oxygens (including phenoxy) is 1. The molecule has 0 bridgehead atoms. The van der Waals surface area contributed by atoms with Crippen molar-refractivity contribution in [3.63, 3.8) is 0 Å². The molecule has 19 heavy (non-hydrogen) atoms. The Morgan fingerprint density at radius 1 is 1.26 bits per heavy atom. The molecule has 0 aliphatic heterocycles. The average Bonchev–Trinajstić information content (AvgIpc) is 2.37. The number of anilines is 1. The number of amides is 2. The summed E-state index contributed by atoms with van der Waals surface area (Å²) in [6.07, 6.45) is 0. The minimum Gasteiger partial charge on any atom is -0.497 e. The monoisotopic (exact) mass is 265 g/mol. The quantitative estimate of drug-likeness (QED) is 0.857. The van der Waals surface area contributed by atoms with Crippen LogP contribution in [0.4, 0.5) is 10.5 Å². The van der Waals surface area contributed by atoms with Crippen LogP contribution in [0.5, 0.6) is 5.75 Å². The molecule has 0 aliphatic carbocycles. The van der Waals surface area contributed by atoms with Crippen molar-refractivity contribution in [2.24, 2.45) is 0 Å². The van der Waals surface area contributed by atoms with Crippen molar-refractivity contribution in [3.8, 4) is 5.75 Å². The zero-order valence-electron chi connectivity index (χ0n) is 12.3. The Morgan fingerprint density at radius 2 is 1.84 bits per heavy atom. The van der Waals surface area contributed by atoms with Gasteiger partial charge in [0.2, 0.25) is 0 Å². The first-order chi connectivity index (χ1) is 8.85. The molecular formula is C14H23N3O2. The van der Waals surface area contributed by atoms with E-state index in [-0.39, 0.29) is 11.6 Å². The van der Waals surface area contributed by atoms with Gasteiger partial charge in [0.15, 0.2) is 0 Å². The maximum absolute atomic E-state index is 11.8. The van der Waals surface area contributed by atoms with Crippen molar-refractivity contribution in [1.29, 1.82) is 0 Å². The number of hydrogen-bond acceptors (Lipinski definition) is 3. The molecule has 0 aliphatic rings. The molecule has 0 radical (unpaired) electrons. The number of nitrogens with one attached hydrogen (secondary N) is 2. The molecule has 2 N–H and O–H groups in total. The van der Waals surface area contributed by atoms with Crippen molar-refractivity contribution in [2.75, 3.05) is 33.1 Å². The molecule has 2 amide bonds. The van der Waals surface area contributed by atoms with Crippen LogP contribution in [0, 0.1) is 0 Å². The highest BCUT2D eigenvalue weighted by Crippen LogP contribution is 2.15. The fourth-order valence-corrected chi connectivity index (χ4v) is 1.30. The summed E-state index contributed by atoms with van der Waals surface area (Å²) < 4.78 is 5.06. The van der Waals surface area contributed by atoms with Crippen molar-refractivity contribution < 1.29 is 9.53 Å². The van der Waals surface area contributed by atoms with E-state index >= 15 is 0 Å². The largest absolute Gasteiger partial charge is 0.497 e. The number of rotatable bonds is 5. The Bertz CT molecular complexity index is 413. The van der Waals surface area contributed by atoms with E-state index in [1.165, 1.54) is 0 Å². The summed E-state index contributed by atoms with van der Waals surface area (Å²) in [6.45, 7) is 4.71. The van der Waals surface area contributed by atoms with E-state index in [4.69, 9.17) is 4.74 Å². The van der Waals surface area contributed by atoms with Crippen LogP contribution in [-0.2, 0) is 0 Å². The van der Waals surface area contributed by atoms with E-state index < -0.39 is 0 Å². The van der Waals surface area contributed by atoms with Gasteiger partial charge in [0, 0.05) is 17.8 Å². The lowest BCUT2D eigenvalue weighted by Crippen LogP contribution is -2.49. The number of methoxy groups -OCH3 is 1. The molecule has 1 aromatic carbocycles. The van der Waals surface area contributed by atoms with E-state index in [0.29, 0.717) is 6.54 Å². The van der Waals surface area contributed by atoms with E-state index in [9.17, 15) is 4.79 Å². The number of likely N-dealkylation sites (N-methyl/N-ethyl adjacent to an activating group) is 1. The molecule has 1 aromatic rings. The van der Waals surface area contributed by atoms with Crippen LogP contribution in [-0.4, -0.2) is 44.2 Å². The minimum atomic E-state index is -0.208. The fraction of sp³-hybridized carbons (Fsp3) is 0.500. The van der Waals surface area contributed by atoms with Crippen LogP contribution in [0.25, 0.3) is 0 Å². The number of carbonyl (C=O) groups is 1.